The Morgan fingerprint density at radius 2 is 1.93 bits per heavy atom. The average Bonchev–Trinajstić information content (AvgIpc) is 3.08. The Morgan fingerprint density at radius 3 is 2.56 bits per heavy atom. The number of hydrogen-bond donors (Lipinski definition) is 1. The molecule has 150 valence electrons. The van der Waals surface area contributed by atoms with Crippen LogP contribution < -0.4 is 4.74 Å². The number of ether oxygens (including phenoxy) is 2. The van der Waals surface area contributed by atoms with Gasteiger partial charge >= 0.3 is 0 Å². The summed E-state index contributed by atoms with van der Waals surface area (Å²) in [5.41, 5.74) is 3.44. The summed E-state index contributed by atoms with van der Waals surface area (Å²) in [6.45, 7) is 9.23. The van der Waals surface area contributed by atoms with Gasteiger partial charge in [-0.05, 0) is 56.6 Å². The number of methoxy groups -OCH3 is 1. The quantitative estimate of drug-likeness (QED) is 0.583. The van der Waals surface area contributed by atoms with Crippen molar-refractivity contribution in [3.05, 3.63) is 36.0 Å². The van der Waals surface area contributed by atoms with Crippen molar-refractivity contribution in [3.8, 4) is 17.0 Å². The molecule has 5 heteroatoms. The van der Waals surface area contributed by atoms with Gasteiger partial charge in [-0.3, -0.25) is 5.10 Å². The summed E-state index contributed by atoms with van der Waals surface area (Å²) in [6, 6.07) is 8.25. The summed E-state index contributed by atoms with van der Waals surface area (Å²) < 4.78 is 11.4. The molecule has 0 spiro atoms. The first-order chi connectivity index (χ1) is 13.0. The number of aromatic amines is 1. The zero-order valence-corrected chi connectivity index (χ0v) is 17.5. The van der Waals surface area contributed by atoms with E-state index in [1.165, 1.54) is 18.4 Å². The van der Waals surface area contributed by atoms with Crippen LogP contribution in [0, 0.1) is 5.92 Å². The third kappa shape index (κ3) is 7.00. The number of unbranched alkanes of at least 4 members (excludes halogenated alkanes) is 1. The molecule has 0 aliphatic rings. The number of rotatable bonds is 12. The Bertz CT molecular complexity index is 652. The number of benzene rings is 1. The Balaban J connectivity index is 2.04. The monoisotopic (exact) mass is 373 g/mol. The Labute approximate surface area is 164 Å². The van der Waals surface area contributed by atoms with E-state index in [0.717, 1.165) is 36.5 Å². The lowest BCUT2D eigenvalue weighted by atomic mass is 10.1. The highest BCUT2D eigenvalue weighted by atomic mass is 16.5. The number of H-pyrrole nitrogens is 1. The van der Waals surface area contributed by atoms with Crippen molar-refractivity contribution in [3.63, 3.8) is 0 Å². The van der Waals surface area contributed by atoms with E-state index in [1.807, 2.05) is 18.3 Å². The van der Waals surface area contributed by atoms with E-state index in [-0.39, 0.29) is 6.10 Å². The first-order valence-electron chi connectivity index (χ1n) is 10.00. The van der Waals surface area contributed by atoms with Gasteiger partial charge in [0.2, 0.25) is 0 Å². The van der Waals surface area contributed by atoms with Gasteiger partial charge in [-0.1, -0.05) is 27.2 Å². The molecule has 0 saturated heterocycles. The van der Waals surface area contributed by atoms with Crippen LogP contribution in [0.1, 0.15) is 45.6 Å². The maximum Gasteiger partial charge on any atom is 0.122 e. The molecule has 1 atom stereocenters. The van der Waals surface area contributed by atoms with Gasteiger partial charge in [0.25, 0.3) is 0 Å². The molecule has 0 fully saturated rings. The molecule has 0 aliphatic heterocycles. The third-order valence-electron chi connectivity index (χ3n) is 4.58. The van der Waals surface area contributed by atoms with Crippen LogP contribution in [0.3, 0.4) is 0 Å². The lowest BCUT2D eigenvalue weighted by Crippen LogP contribution is -2.24. The van der Waals surface area contributed by atoms with Crippen LogP contribution in [0.4, 0.5) is 0 Å². The van der Waals surface area contributed by atoms with Crippen LogP contribution in [0.5, 0.6) is 5.75 Å². The molecule has 1 N–H and O–H groups in total. The number of hydrogen-bond acceptors (Lipinski definition) is 4. The van der Waals surface area contributed by atoms with Gasteiger partial charge < -0.3 is 14.4 Å². The molecule has 1 aromatic heterocycles. The third-order valence-corrected chi connectivity index (χ3v) is 4.58. The number of aromatic nitrogens is 2. The summed E-state index contributed by atoms with van der Waals surface area (Å²) >= 11 is 0. The van der Waals surface area contributed by atoms with E-state index in [0.29, 0.717) is 12.5 Å². The predicted molar refractivity (Wildman–Crippen MR) is 111 cm³/mol. The first kappa shape index (κ1) is 21.5. The topological polar surface area (TPSA) is 50.4 Å². The highest BCUT2D eigenvalue weighted by Gasteiger charge is 2.14. The normalized spacial score (nSPS) is 12.7. The Hall–Kier alpha value is -1.85. The zero-order chi connectivity index (χ0) is 19.6. The average molecular weight is 374 g/mol. The molecule has 0 aliphatic carbocycles. The Morgan fingerprint density at radius 1 is 1.19 bits per heavy atom. The van der Waals surface area contributed by atoms with Crippen molar-refractivity contribution >= 4 is 0 Å². The molecular weight excluding hydrogens is 338 g/mol. The van der Waals surface area contributed by atoms with E-state index >= 15 is 0 Å². The molecule has 1 aromatic carbocycles. The summed E-state index contributed by atoms with van der Waals surface area (Å²) in [7, 11) is 3.88. The van der Waals surface area contributed by atoms with Crippen molar-refractivity contribution in [2.24, 2.45) is 5.92 Å². The molecule has 5 nitrogen and oxygen atoms in total. The van der Waals surface area contributed by atoms with Crippen LogP contribution in [0.15, 0.2) is 30.5 Å². The van der Waals surface area contributed by atoms with Crippen LogP contribution in [0.2, 0.25) is 0 Å². The van der Waals surface area contributed by atoms with E-state index in [9.17, 15) is 0 Å². The number of nitrogens with zero attached hydrogens (tertiary/aromatic N) is 2. The smallest absolute Gasteiger partial charge is 0.122 e. The minimum absolute atomic E-state index is 0.0794. The van der Waals surface area contributed by atoms with E-state index in [2.05, 4.69) is 55.0 Å². The van der Waals surface area contributed by atoms with Crippen LogP contribution in [0.25, 0.3) is 11.3 Å². The van der Waals surface area contributed by atoms with Crippen LogP contribution in [-0.4, -0.2) is 48.5 Å². The largest absolute Gasteiger partial charge is 0.488 e. The van der Waals surface area contributed by atoms with Gasteiger partial charge in [-0.15, -0.1) is 0 Å². The highest BCUT2D eigenvalue weighted by Crippen LogP contribution is 2.25. The summed E-state index contributed by atoms with van der Waals surface area (Å²) in [5, 5.41) is 7.41. The van der Waals surface area contributed by atoms with Gasteiger partial charge in [-0.25, -0.2) is 0 Å². The van der Waals surface area contributed by atoms with Gasteiger partial charge in [0.15, 0.2) is 0 Å². The SMILES string of the molecule is CCCCN(C)Cc1cn[nH]c1-c1ccc(OC(COC)CC(C)C)cc1. The maximum atomic E-state index is 6.12. The minimum atomic E-state index is 0.0794. The van der Waals surface area contributed by atoms with E-state index in [4.69, 9.17) is 9.47 Å². The van der Waals surface area contributed by atoms with Crippen LogP contribution in [-0.2, 0) is 11.3 Å². The fourth-order valence-electron chi connectivity index (χ4n) is 3.23. The van der Waals surface area contributed by atoms with Crippen molar-refractivity contribution in [1.29, 1.82) is 0 Å². The lowest BCUT2D eigenvalue weighted by molar-refractivity contribution is 0.0680. The minimum Gasteiger partial charge on any atom is -0.488 e. The second kappa shape index (κ2) is 11.1. The lowest BCUT2D eigenvalue weighted by Gasteiger charge is -2.20. The van der Waals surface area contributed by atoms with Crippen molar-refractivity contribution in [2.75, 3.05) is 27.3 Å². The van der Waals surface area contributed by atoms with E-state index in [1.54, 1.807) is 7.11 Å². The molecule has 1 heterocycles. The summed E-state index contributed by atoms with van der Waals surface area (Å²) in [4.78, 5) is 2.34. The molecule has 2 aromatic rings. The summed E-state index contributed by atoms with van der Waals surface area (Å²) in [5.74, 6) is 1.45. The molecule has 0 saturated carbocycles. The molecule has 0 bridgehead atoms. The van der Waals surface area contributed by atoms with Crippen molar-refractivity contribution < 1.29 is 9.47 Å². The van der Waals surface area contributed by atoms with Gasteiger partial charge in [0.05, 0.1) is 18.5 Å². The molecule has 0 amide bonds. The zero-order valence-electron chi connectivity index (χ0n) is 17.5. The first-order valence-corrected chi connectivity index (χ1v) is 10.00. The predicted octanol–water partition coefficient (Wildman–Crippen LogP) is 4.75. The van der Waals surface area contributed by atoms with Crippen LogP contribution >= 0.6 is 0 Å². The fraction of sp³-hybridized carbons (Fsp3) is 0.591. The van der Waals surface area contributed by atoms with E-state index < -0.39 is 0 Å². The van der Waals surface area contributed by atoms with Gasteiger partial charge in [-0.2, -0.15) is 5.10 Å². The Kier molecular flexibility index (Phi) is 8.82. The molecule has 2 rings (SSSR count). The second-order valence-electron chi connectivity index (χ2n) is 7.71. The summed E-state index contributed by atoms with van der Waals surface area (Å²) in [6.07, 6.45) is 5.42. The standard InChI is InChI=1S/C22H35N3O2/c1-6-7-12-25(4)15-19-14-23-24-22(19)18-8-10-20(11-9-18)27-21(16-26-5)13-17(2)3/h8-11,14,17,21H,6-7,12-13,15-16H2,1-5H3,(H,23,24). The maximum absolute atomic E-state index is 6.12. The van der Waals surface area contributed by atoms with Gasteiger partial charge in [0, 0.05) is 24.8 Å². The number of nitrogens with one attached hydrogen (secondary N) is 1. The van der Waals surface area contributed by atoms with Gasteiger partial charge in [0.1, 0.15) is 11.9 Å². The van der Waals surface area contributed by atoms with Crippen molar-refractivity contribution in [1.82, 2.24) is 15.1 Å². The highest BCUT2D eigenvalue weighted by molar-refractivity contribution is 5.63. The molecular formula is C22H35N3O2. The second-order valence-corrected chi connectivity index (χ2v) is 7.71. The molecule has 27 heavy (non-hydrogen) atoms. The fourth-order valence-corrected chi connectivity index (χ4v) is 3.23. The molecule has 1 unspecified atom stereocenters. The van der Waals surface area contributed by atoms with Crippen molar-refractivity contribution in [2.45, 2.75) is 52.7 Å². The molecule has 0 radical (unpaired) electrons.